The first kappa shape index (κ1) is 12.1. The molecule has 1 aromatic heterocycles. The van der Waals surface area contributed by atoms with Crippen LogP contribution in [0.25, 0.3) is 11.6 Å². The van der Waals surface area contributed by atoms with E-state index in [9.17, 15) is 9.65 Å². The quantitative estimate of drug-likeness (QED) is 0.752. The molecule has 2 nitrogen and oxygen atoms in total. The van der Waals surface area contributed by atoms with Gasteiger partial charge in [-0.15, -0.1) is 0 Å². The fourth-order valence-electron chi connectivity index (χ4n) is 1.84. The van der Waals surface area contributed by atoms with Crippen LogP contribution < -0.4 is 0 Å². The molecule has 0 atom stereocenters. The molecule has 0 aliphatic rings. The Kier molecular flexibility index (Phi) is 3.59. The number of allylic oxidation sites excluding steroid dienone is 1. The van der Waals surface area contributed by atoms with Crippen molar-refractivity contribution in [3.8, 4) is 6.07 Å². The zero-order valence-electron chi connectivity index (χ0n) is 10.1. The maximum atomic E-state index is 13.6. The molecule has 18 heavy (non-hydrogen) atoms. The average molecular weight is 240 g/mol. The predicted octanol–water partition coefficient (Wildman–Crippen LogP) is 3.71. The third kappa shape index (κ3) is 2.33. The van der Waals surface area contributed by atoms with E-state index in [2.05, 4.69) is 6.07 Å². The molecule has 90 valence electrons. The summed E-state index contributed by atoms with van der Waals surface area (Å²) in [6, 6.07) is 12.2. The van der Waals surface area contributed by atoms with Crippen LogP contribution in [0.15, 0.2) is 42.6 Å². The van der Waals surface area contributed by atoms with Crippen molar-refractivity contribution in [3.63, 3.8) is 0 Å². The van der Waals surface area contributed by atoms with E-state index in [0.29, 0.717) is 11.1 Å². The summed E-state index contributed by atoms with van der Waals surface area (Å²) < 4.78 is 15.6. The maximum Gasteiger partial charge on any atom is 0.131 e. The van der Waals surface area contributed by atoms with Crippen LogP contribution in [0.3, 0.4) is 0 Å². The van der Waals surface area contributed by atoms with E-state index in [1.165, 1.54) is 6.07 Å². The van der Waals surface area contributed by atoms with Crippen molar-refractivity contribution >= 4 is 11.6 Å². The number of hydrogen-bond donors (Lipinski definition) is 0. The Labute approximate surface area is 106 Å². The fourth-order valence-corrected chi connectivity index (χ4v) is 1.84. The highest BCUT2D eigenvalue weighted by Crippen LogP contribution is 2.20. The van der Waals surface area contributed by atoms with Crippen molar-refractivity contribution in [3.05, 3.63) is 59.7 Å². The lowest BCUT2D eigenvalue weighted by atomic mass is 10.1. The van der Waals surface area contributed by atoms with E-state index in [0.717, 1.165) is 12.2 Å². The van der Waals surface area contributed by atoms with E-state index < -0.39 is 0 Å². The molecular formula is C15H13FN2. The van der Waals surface area contributed by atoms with Gasteiger partial charge in [0.25, 0.3) is 0 Å². The van der Waals surface area contributed by atoms with Crippen molar-refractivity contribution in [2.75, 3.05) is 0 Å². The minimum absolute atomic E-state index is 0.335. The predicted molar refractivity (Wildman–Crippen MR) is 70.0 cm³/mol. The second-order valence-corrected chi connectivity index (χ2v) is 3.87. The molecule has 0 saturated carbocycles. The highest BCUT2D eigenvalue weighted by Gasteiger charge is 2.07. The molecule has 0 fully saturated rings. The zero-order valence-corrected chi connectivity index (χ0v) is 10.1. The molecular weight excluding hydrogens is 227 g/mol. The molecule has 0 spiro atoms. The Morgan fingerprint density at radius 2 is 2.11 bits per heavy atom. The van der Waals surface area contributed by atoms with Gasteiger partial charge >= 0.3 is 0 Å². The van der Waals surface area contributed by atoms with E-state index in [-0.39, 0.29) is 5.82 Å². The zero-order chi connectivity index (χ0) is 13.0. The van der Waals surface area contributed by atoms with E-state index in [1.807, 2.05) is 29.8 Å². The lowest BCUT2D eigenvalue weighted by Gasteiger charge is -2.04. The first-order valence-corrected chi connectivity index (χ1v) is 5.78. The minimum atomic E-state index is -0.375. The van der Waals surface area contributed by atoms with Gasteiger partial charge in [0.1, 0.15) is 5.82 Å². The largest absolute Gasteiger partial charge is 0.348 e. The van der Waals surface area contributed by atoms with Gasteiger partial charge in [-0.25, -0.2) is 4.39 Å². The number of halogens is 1. The summed E-state index contributed by atoms with van der Waals surface area (Å²) in [5.74, 6) is -0.375. The summed E-state index contributed by atoms with van der Waals surface area (Å²) in [6.07, 6.45) is 3.64. The Morgan fingerprint density at radius 1 is 1.33 bits per heavy atom. The number of hydrogen-bond acceptors (Lipinski definition) is 1. The smallest absolute Gasteiger partial charge is 0.131 e. The molecule has 3 heteroatoms. The molecule has 0 saturated heterocycles. The van der Waals surface area contributed by atoms with Gasteiger partial charge < -0.3 is 4.57 Å². The Bertz CT molecular complexity index is 617. The second kappa shape index (κ2) is 5.33. The number of aromatic nitrogens is 1. The van der Waals surface area contributed by atoms with Crippen LogP contribution in [-0.2, 0) is 6.54 Å². The van der Waals surface area contributed by atoms with Crippen molar-refractivity contribution in [2.45, 2.75) is 13.5 Å². The first-order chi connectivity index (χ1) is 8.76. The molecule has 1 heterocycles. The van der Waals surface area contributed by atoms with E-state index >= 15 is 0 Å². The molecule has 0 radical (unpaired) electrons. The summed E-state index contributed by atoms with van der Waals surface area (Å²) in [6.45, 7) is 2.83. The van der Waals surface area contributed by atoms with Gasteiger partial charge in [0.2, 0.25) is 0 Å². The number of aryl methyl sites for hydroxylation is 1. The van der Waals surface area contributed by atoms with Gasteiger partial charge in [-0.2, -0.15) is 5.26 Å². The van der Waals surface area contributed by atoms with Crippen LogP contribution in [0.2, 0.25) is 0 Å². The van der Waals surface area contributed by atoms with Gasteiger partial charge in [-0.3, -0.25) is 0 Å². The normalized spacial score (nSPS) is 11.3. The highest BCUT2D eigenvalue weighted by atomic mass is 19.1. The summed E-state index contributed by atoms with van der Waals surface area (Å²) in [4.78, 5) is 0. The number of benzene rings is 1. The van der Waals surface area contributed by atoms with Gasteiger partial charge in [-0.1, -0.05) is 18.2 Å². The number of nitriles is 1. The first-order valence-electron chi connectivity index (χ1n) is 5.78. The van der Waals surface area contributed by atoms with Gasteiger partial charge in [0, 0.05) is 24.0 Å². The minimum Gasteiger partial charge on any atom is -0.348 e. The molecule has 2 rings (SSSR count). The SMILES string of the molecule is CCn1cccc1/C=C(/C#N)c1ccccc1F. The highest BCUT2D eigenvalue weighted by molar-refractivity contribution is 5.89. The van der Waals surface area contributed by atoms with E-state index in [1.54, 1.807) is 24.3 Å². The van der Waals surface area contributed by atoms with Crippen molar-refractivity contribution in [2.24, 2.45) is 0 Å². The Balaban J connectivity index is 2.48. The average Bonchev–Trinajstić information content (AvgIpc) is 2.84. The van der Waals surface area contributed by atoms with Crippen LogP contribution in [-0.4, -0.2) is 4.57 Å². The molecule has 2 aromatic rings. The van der Waals surface area contributed by atoms with Crippen molar-refractivity contribution in [1.29, 1.82) is 5.26 Å². The molecule has 0 aliphatic heterocycles. The van der Waals surface area contributed by atoms with Crippen molar-refractivity contribution in [1.82, 2.24) is 4.57 Å². The molecule has 0 aliphatic carbocycles. The number of rotatable bonds is 3. The lowest BCUT2D eigenvalue weighted by Crippen LogP contribution is -1.95. The monoisotopic (exact) mass is 240 g/mol. The lowest BCUT2D eigenvalue weighted by molar-refractivity contribution is 0.624. The van der Waals surface area contributed by atoms with Gasteiger partial charge in [-0.05, 0) is 31.2 Å². The molecule has 1 aromatic carbocycles. The topological polar surface area (TPSA) is 28.7 Å². The van der Waals surface area contributed by atoms with Crippen LogP contribution in [0.4, 0.5) is 4.39 Å². The van der Waals surface area contributed by atoms with Crippen LogP contribution in [0.1, 0.15) is 18.2 Å². The summed E-state index contributed by atoms with van der Waals surface area (Å²) in [5, 5.41) is 9.17. The second-order valence-electron chi connectivity index (χ2n) is 3.87. The van der Waals surface area contributed by atoms with Crippen LogP contribution in [0.5, 0.6) is 0 Å². The Hall–Kier alpha value is -2.34. The van der Waals surface area contributed by atoms with Crippen LogP contribution in [0, 0.1) is 17.1 Å². The summed E-state index contributed by atoms with van der Waals surface area (Å²) >= 11 is 0. The summed E-state index contributed by atoms with van der Waals surface area (Å²) in [5.41, 5.74) is 1.57. The van der Waals surface area contributed by atoms with Gasteiger partial charge in [0.15, 0.2) is 0 Å². The third-order valence-corrected chi connectivity index (χ3v) is 2.78. The molecule has 0 unspecified atom stereocenters. The maximum absolute atomic E-state index is 13.6. The van der Waals surface area contributed by atoms with Crippen molar-refractivity contribution < 1.29 is 4.39 Å². The summed E-state index contributed by atoms with van der Waals surface area (Å²) in [7, 11) is 0. The van der Waals surface area contributed by atoms with Gasteiger partial charge in [0.05, 0.1) is 11.6 Å². The standard InChI is InChI=1S/C15H13FN2/c1-2-18-9-5-6-13(18)10-12(11-17)14-7-3-4-8-15(14)16/h3-10H,2H2,1H3/b12-10-. The van der Waals surface area contributed by atoms with Crippen LogP contribution >= 0.6 is 0 Å². The fraction of sp³-hybridized carbons (Fsp3) is 0.133. The van der Waals surface area contributed by atoms with E-state index in [4.69, 9.17) is 0 Å². The molecule has 0 N–H and O–H groups in total. The number of nitrogens with zero attached hydrogens (tertiary/aromatic N) is 2. The molecule has 0 amide bonds. The Morgan fingerprint density at radius 3 is 2.78 bits per heavy atom. The molecule has 0 bridgehead atoms. The third-order valence-electron chi connectivity index (χ3n) is 2.78.